The number of carbonyl (C=O) groups is 1. The van der Waals surface area contributed by atoms with Crippen molar-refractivity contribution in [3.8, 4) is 21.8 Å². The number of hydrogen-bond acceptors (Lipinski definition) is 5. The number of nitrogens with zero attached hydrogens (tertiary/aromatic N) is 4. The Balaban J connectivity index is 1.45. The molecular weight excluding hydrogens is 406 g/mol. The van der Waals surface area contributed by atoms with Crippen LogP contribution in [0.25, 0.3) is 32.2 Å². The minimum atomic E-state index is -0.205. The molecule has 152 valence electrons. The van der Waals surface area contributed by atoms with E-state index >= 15 is 0 Å². The normalized spacial score (nSPS) is 11.0. The molecule has 1 N–H and O–H groups in total. The van der Waals surface area contributed by atoms with Gasteiger partial charge in [0, 0.05) is 30.1 Å². The zero-order valence-corrected chi connectivity index (χ0v) is 17.9. The van der Waals surface area contributed by atoms with Gasteiger partial charge in [-0.15, -0.1) is 0 Å². The van der Waals surface area contributed by atoms with Crippen molar-refractivity contribution >= 4 is 33.3 Å². The SMILES string of the molecule is Cc1c(NC(=O)c2cc(-c3ccccc3)nn2C)cccc1-c1nc2cccnc2s1. The Morgan fingerprint density at radius 1 is 1.03 bits per heavy atom. The molecular formula is C24H19N5OS. The monoisotopic (exact) mass is 425 g/mol. The number of fused-ring (bicyclic) bond motifs is 1. The Kier molecular flexibility index (Phi) is 4.80. The molecule has 5 rings (SSSR count). The van der Waals surface area contributed by atoms with Crippen LogP contribution in [-0.2, 0) is 7.05 Å². The minimum Gasteiger partial charge on any atom is -0.320 e. The number of pyridine rings is 1. The van der Waals surface area contributed by atoms with E-state index in [4.69, 9.17) is 4.98 Å². The first-order chi connectivity index (χ1) is 15.1. The molecule has 3 heterocycles. The molecule has 0 spiro atoms. The topological polar surface area (TPSA) is 72.7 Å². The van der Waals surface area contributed by atoms with Gasteiger partial charge in [-0.05, 0) is 36.8 Å². The van der Waals surface area contributed by atoms with Crippen LogP contribution in [-0.4, -0.2) is 25.7 Å². The lowest BCUT2D eigenvalue weighted by Gasteiger charge is -2.11. The highest BCUT2D eigenvalue weighted by molar-refractivity contribution is 7.21. The largest absolute Gasteiger partial charge is 0.320 e. The number of rotatable bonds is 4. The lowest BCUT2D eigenvalue weighted by Crippen LogP contribution is -2.16. The lowest BCUT2D eigenvalue weighted by molar-refractivity contribution is 0.101. The summed E-state index contributed by atoms with van der Waals surface area (Å²) >= 11 is 1.54. The molecule has 0 unspecified atom stereocenters. The fourth-order valence-corrected chi connectivity index (χ4v) is 4.49. The Morgan fingerprint density at radius 3 is 2.68 bits per heavy atom. The van der Waals surface area contributed by atoms with Gasteiger partial charge in [0.05, 0.1) is 5.69 Å². The van der Waals surface area contributed by atoms with Gasteiger partial charge < -0.3 is 5.32 Å². The van der Waals surface area contributed by atoms with Crippen molar-refractivity contribution < 1.29 is 4.79 Å². The number of thiazole rings is 1. The van der Waals surface area contributed by atoms with Crippen LogP contribution < -0.4 is 5.32 Å². The molecule has 31 heavy (non-hydrogen) atoms. The van der Waals surface area contributed by atoms with Gasteiger partial charge in [-0.2, -0.15) is 5.10 Å². The molecule has 0 radical (unpaired) electrons. The predicted molar refractivity (Wildman–Crippen MR) is 124 cm³/mol. The second-order valence-corrected chi connectivity index (χ2v) is 8.16. The van der Waals surface area contributed by atoms with E-state index in [9.17, 15) is 4.79 Å². The number of benzene rings is 2. The zero-order valence-electron chi connectivity index (χ0n) is 17.0. The Labute approximate surface area is 183 Å². The van der Waals surface area contributed by atoms with E-state index in [1.807, 2.05) is 73.7 Å². The third kappa shape index (κ3) is 3.60. The van der Waals surface area contributed by atoms with Crippen LogP contribution in [0.2, 0.25) is 0 Å². The summed E-state index contributed by atoms with van der Waals surface area (Å²) in [5.74, 6) is -0.205. The molecule has 0 fully saturated rings. The van der Waals surface area contributed by atoms with Crippen molar-refractivity contribution in [2.45, 2.75) is 6.92 Å². The number of carbonyl (C=O) groups excluding carboxylic acids is 1. The van der Waals surface area contributed by atoms with Crippen molar-refractivity contribution in [3.05, 3.63) is 84.2 Å². The fraction of sp³-hybridized carbons (Fsp3) is 0.0833. The Morgan fingerprint density at radius 2 is 1.87 bits per heavy atom. The van der Waals surface area contributed by atoms with Crippen molar-refractivity contribution in [2.75, 3.05) is 5.32 Å². The summed E-state index contributed by atoms with van der Waals surface area (Å²) in [6.45, 7) is 1.99. The Hall–Kier alpha value is -3.84. The van der Waals surface area contributed by atoms with Crippen molar-refractivity contribution in [1.29, 1.82) is 0 Å². The smallest absolute Gasteiger partial charge is 0.273 e. The van der Waals surface area contributed by atoms with Crippen LogP contribution in [0.4, 0.5) is 5.69 Å². The van der Waals surface area contributed by atoms with E-state index in [1.54, 1.807) is 29.3 Å². The molecule has 0 bridgehead atoms. The van der Waals surface area contributed by atoms with Gasteiger partial charge in [0.1, 0.15) is 21.0 Å². The average molecular weight is 426 g/mol. The van der Waals surface area contributed by atoms with Crippen LogP contribution in [0, 0.1) is 6.92 Å². The first kappa shape index (κ1) is 19.1. The number of nitrogens with one attached hydrogen (secondary N) is 1. The van der Waals surface area contributed by atoms with E-state index in [0.29, 0.717) is 5.69 Å². The highest BCUT2D eigenvalue weighted by Gasteiger charge is 2.17. The average Bonchev–Trinajstić information content (AvgIpc) is 3.39. The highest BCUT2D eigenvalue weighted by Crippen LogP contribution is 2.33. The minimum absolute atomic E-state index is 0.205. The van der Waals surface area contributed by atoms with Gasteiger partial charge in [-0.1, -0.05) is 53.8 Å². The third-order valence-corrected chi connectivity index (χ3v) is 6.17. The predicted octanol–water partition coefficient (Wildman–Crippen LogP) is 5.32. The summed E-state index contributed by atoms with van der Waals surface area (Å²) in [5.41, 5.74) is 5.79. The molecule has 7 heteroatoms. The second-order valence-electron chi connectivity index (χ2n) is 7.18. The van der Waals surface area contributed by atoms with E-state index in [-0.39, 0.29) is 5.91 Å². The van der Waals surface area contributed by atoms with Crippen LogP contribution in [0.15, 0.2) is 72.9 Å². The van der Waals surface area contributed by atoms with Crippen molar-refractivity contribution in [2.24, 2.45) is 7.05 Å². The maximum atomic E-state index is 13.0. The fourth-order valence-electron chi connectivity index (χ4n) is 3.50. The highest BCUT2D eigenvalue weighted by atomic mass is 32.1. The quantitative estimate of drug-likeness (QED) is 0.423. The molecule has 2 aromatic carbocycles. The summed E-state index contributed by atoms with van der Waals surface area (Å²) < 4.78 is 1.61. The molecule has 0 saturated heterocycles. The standard InChI is InChI=1S/C24H19N5OS/c1-15-17(23-27-19-12-7-13-25-24(19)31-23)10-6-11-18(15)26-22(30)21-14-20(28-29(21)2)16-8-4-3-5-9-16/h3-14H,1-2H3,(H,26,30). The van der Waals surface area contributed by atoms with Gasteiger partial charge in [-0.25, -0.2) is 9.97 Å². The molecule has 0 saturated carbocycles. The molecule has 0 aliphatic rings. The second kappa shape index (κ2) is 7.77. The van der Waals surface area contributed by atoms with E-state index in [2.05, 4.69) is 15.4 Å². The van der Waals surface area contributed by atoms with Crippen LogP contribution in [0.5, 0.6) is 0 Å². The lowest BCUT2D eigenvalue weighted by atomic mass is 10.1. The van der Waals surface area contributed by atoms with Gasteiger partial charge in [0.15, 0.2) is 0 Å². The first-order valence-corrected chi connectivity index (χ1v) is 10.6. The number of hydrogen-bond donors (Lipinski definition) is 1. The number of aryl methyl sites for hydroxylation is 1. The molecule has 3 aromatic heterocycles. The van der Waals surface area contributed by atoms with Crippen LogP contribution >= 0.6 is 11.3 Å². The molecule has 0 aliphatic heterocycles. The molecule has 1 amide bonds. The molecule has 6 nitrogen and oxygen atoms in total. The summed E-state index contributed by atoms with van der Waals surface area (Å²) in [6.07, 6.45) is 1.77. The molecule has 5 aromatic rings. The van der Waals surface area contributed by atoms with Gasteiger partial charge in [0.2, 0.25) is 0 Å². The van der Waals surface area contributed by atoms with Gasteiger partial charge in [-0.3, -0.25) is 9.48 Å². The zero-order chi connectivity index (χ0) is 21.4. The molecule has 0 aliphatic carbocycles. The maximum Gasteiger partial charge on any atom is 0.273 e. The first-order valence-electron chi connectivity index (χ1n) is 9.82. The maximum absolute atomic E-state index is 13.0. The van der Waals surface area contributed by atoms with Crippen molar-refractivity contribution in [1.82, 2.24) is 19.7 Å². The van der Waals surface area contributed by atoms with Crippen LogP contribution in [0.1, 0.15) is 16.1 Å². The summed E-state index contributed by atoms with van der Waals surface area (Å²) in [6, 6.07) is 21.3. The molecule has 0 atom stereocenters. The number of amides is 1. The summed E-state index contributed by atoms with van der Waals surface area (Å²) in [7, 11) is 1.78. The van der Waals surface area contributed by atoms with Crippen molar-refractivity contribution in [3.63, 3.8) is 0 Å². The number of anilines is 1. The van der Waals surface area contributed by atoms with Gasteiger partial charge >= 0.3 is 0 Å². The summed E-state index contributed by atoms with van der Waals surface area (Å²) in [5, 5.41) is 8.42. The van der Waals surface area contributed by atoms with E-state index in [1.165, 1.54) is 0 Å². The summed E-state index contributed by atoms with van der Waals surface area (Å²) in [4.78, 5) is 23.0. The number of aromatic nitrogens is 4. The Bertz CT molecular complexity index is 1370. The van der Waals surface area contributed by atoms with E-state index < -0.39 is 0 Å². The van der Waals surface area contributed by atoms with E-state index in [0.717, 1.165) is 43.4 Å². The van der Waals surface area contributed by atoms with Gasteiger partial charge in [0.25, 0.3) is 5.91 Å². The van der Waals surface area contributed by atoms with Crippen LogP contribution in [0.3, 0.4) is 0 Å². The third-order valence-electron chi connectivity index (χ3n) is 5.16.